The van der Waals surface area contributed by atoms with Crippen molar-refractivity contribution in [3.8, 4) is 16.9 Å². The van der Waals surface area contributed by atoms with Crippen LogP contribution in [0.2, 0.25) is 0 Å². The summed E-state index contributed by atoms with van der Waals surface area (Å²) in [5.74, 6) is 0.867. The number of aromatic nitrogens is 1. The van der Waals surface area contributed by atoms with Gasteiger partial charge in [0.15, 0.2) is 0 Å². The monoisotopic (exact) mass is 320 g/mol. The second-order valence-corrected chi connectivity index (χ2v) is 5.89. The Bertz CT molecular complexity index is 840. The number of morpholine rings is 1. The van der Waals surface area contributed by atoms with Crippen LogP contribution in [0.4, 0.5) is 5.69 Å². The van der Waals surface area contributed by atoms with Crippen molar-refractivity contribution in [2.24, 2.45) is 0 Å². The Balaban J connectivity index is 1.79. The number of benzene rings is 2. The molecule has 4 heteroatoms. The summed E-state index contributed by atoms with van der Waals surface area (Å²) in [6, 6.07) is 16.7. The van der Waals surface area contributed by atoms with E-state index in [1.807, 2.05) is 18.3 Å². The lowest BCUT2D eigenvalue weighted by molar-refractivity contribution is 0.122. The van der Waals surface area contributed by atoms with Crippen LogP contribution in [-0.4, -0.2) is 38.4 Å². The highest BCUT2D eigenvalue weighted by atomic mass is 16.5. The summed E-state index contributed by atoms with van der Waals surface area (Å²) in [5, 5.41) is 1.17. The van der Waals surface area contributed by atoms with Gasteiger partial charge in [-0.15, -0.1) is 0 Å². The molecule has 0 saturated carbocycles. The Morgan fingerprint density at radius 1 is 1.00 bits per heavy atom. The van der Waals surface area contributed by atoms with E-state index in [2.05, 4.69) is 46.3 Å². The maximum absolute atomic E-state index is 5.46. The number of ether oxygens (including phenoxy) is 2. The predicted molar refractivity (Wildman–Crippen MR) is 96.8 cm³/mol. The molecule has 0 spiro atoms. The smallest absolute Gasteiger partial charge is 0.118 e. The van der Waals surface area contributed by atoms with Crippen molar-refractivity contribution in [2.45, 2.75) is 0 Å². The van der Waals surface area contributed by atoms with E-state index < -0.39 is 0 Å². The summed E-state index contributed by atoms with van der Waals surface area (Å²) in [6.07, 6.45) is 1.87. The third-order valence-corrected chi connectivity index (χ3v) is 4.50. The number of hydrogen-bond donors (Lipinski definition) is 0. The summed E-state index contributed by atoms with van der Waals surface area (Å²) in [5.41, 5.74) is 4.61. The maximum Gasteiger partial charge on any atom is 0.118 e. The molecular formula is C20H20N2O2. The fraction of sp³-hybridized carbons (Fsp3) is 0.250. The molecule has 0 unspecified atom stereocenters. The highest BCUT2D eigenvalue weighted by molar-refractivity contribution is 5.96. The maximum atomic E-state index is 5.46. The lowest BCUT2D eigenvalue weighted by Gasteiger charge is -2.29. The fourth-order valence-electron chi connectivity index (χ4n) is 3.17. The third kappa shape index (κ3) is 2.81. The summed E-state index contributed by atoms with van der Waals surface area (Å²) < 4.78 is 10.7. The van der Waals surface area contributed by atoms with E-state index in [-0.39, 0.29) is 0 Å². The van der Waals surface area contributed by atoms with Crippen LogP contribution in [0.3, 0.4) is 0 Å². The Kier molecular flexibility index (Phi) is 4.05. The van der Waals surface area contributed by atoms with E-state index in [0.717, 1.165) is 37.6 Å². The van der Waals surface area contributed by atoms with Gasteiger partial charge in [0.05, 0.1) is 25.8 Å². The molecule has 1 aliphatic heterocycles. The standard InChI is InChI=1S/C20H20N2O2/c1-23-17-5-2-15(3-6-17)18-8-9-21-20-7-4-16(14-19(18)20)22-10-12-24-13-11-22/h2-9,14H,10-13H2,1H3. The summed E-state index contributed by atoms with van der Waals surface area (Å²) in [4.78, 5) is 6.89. The summed E-state index contributed by atoms with van der Waals surface area (Å²) in [6.45, 7) is 3.44. The van der Waals surface area contributed by atoms with Gasteiger partial charge in [-0.25, -0.2) is 0 Å². The zero-order valence-electron chi connectivity index (χ0n) is 13.7. The van der Waals surface area contributed by atoms with Crippen molar-refractivity contribution in [1.29, 1.82) is 0 Å². The number of pyridine rings is 1. The molecule has 1 fully saturated rings. The molecule has 4 nitrogen and oxygen atoms in total. The molecular weight excluding hydrogens is 300 g/mol. The molecule has 0 atom stereocenters. The minimum atomic E-state index is 0.788. The van der Waals surface area contributed by atoms with Gasteiger partial charge in [-0.1, -0.05) is 12.1 Å². The molecule has 0 radical (unpaired) electrons. The Morgan fingerprint density at radius 2 is 1.79 bits per heavy atom. The largest absolute Gasteiger partial charge is 0.497 e. The zero-order chi connectivity index (χ0) is 16.4. The number of hydrogen-bond acceptors (Lipinski definition) is 4. The van der Waals surface area contributed by atoms with Crippen LogP contribution in [0.15, 0.2) is 54.7 Å². The molecule has 1 aliphatic rings. The van der Waals surface area contributed by atoms with Crippen LogP contribution in [0.1, 0.15) is 0 Å². The first kappa shape index (κ1) is 15.0. The van der Waals surface area contributed by atoms with Gasteiger partial charge >= 0.3 is 0 Å². The van der Waals surface area contributed by atoms with Crippen LogP contribution < -0.4 is 9.64 Å². The van der Waals surface area contributed by atoms with Gasteiger partial charge < -0.3 is 14.4 Å². The van der Waals surface area contributed by atoms with Crippen molar-refractivity contribution in [3.05, 3.63) is 54.7 Å². The van der Waals surface area contributed by atoms with Crippen LogP contribution in [0, 0.1) is 0 Å². The van der Waals surface area contributed by atoms with Crippen LogP contribution in [-0.2, 0) is 4.74 Å². The summed E-state index contributed by atoms with van der Waals surface area (Å²) >= 11 is 0. The number of methoxy groups -OCH3 is 1. The van der Waals surface area contributed by atoms with Crippen molar-refractivity contribution in [3.63, 3.8) is 0 Å². The van der Waals surface area contributed by atoms with Gasteiger partial charge in [-0.3, -0.25) is 4.98 Å². The van der Waals surface area contributed by atoms with Crippen molar-refractivity contribution < 1.29 is 9.47 Å². The number of fused-ring (bicyclic) bond motifs is 1. The van der Waals surface area contributed by atoms with Gasteiger partial charge in [-0.2, -0.15) is 0 Å². The van der Waals surface area contributed by atoms with Gasteiger partial charge in [-0.05, 0) is 47.5 Å². The van der Waals surface area contributed by atoms with Gasteiger partial charge in [0.2, 0.25) is 0 Å². The van der Waals surface area contributed by atoms with Crippen molar-refractivity contribution in [1.82, 2.24) is 4.98 Å². The first-order valence-electron chi connectivity index (χ1n) is 8.21. The molecule has 2 heterocycles. The lowest BCUT2D eigenvalue weighted by Crippen LogP contribution is -2.36. The quantitative estimate of drug-likeness (QED) is 0.736. The average molecular weight is 320 g/mol. The van der Waals surface area contributed by atoms with Crippen molar-refractivity contribution >= 4 is 16.6 Å². The minimum absolute atomic E-state index is 0.788. The number of nitrogens with zero attached hydrogens (tertiary/aromatic N) is 2. The number of rotatable bonds is 3. The van der Waals surface area contributed by atoms with Crippen LogP contribution in [0.5, 0.6) is 5.75 Å². The summed E-state index contributed by atoms with van der Waals surface area (Å²) in [7, 11) is 1.69. The SMILES string of the molecule is COc1ccc(-c2ccnc3ccc(N4CCOCC4)cc23)cc1. The van der Waals surface area contributed by atoms with E-state index in [1.165, 1.54) is 22.2 Å². The molecule has 3 aromatic rings. The van der Waals surface area contributed by atoms with Gasteiger partial charge in [0.25, 0.3) is 0 Å². The number of anilines is 1. The topological polar surface area (TPSA) is 34.6 Å². The van der Waals surface area contributed by atoms with E-state index in [0.29, 0.717) is 0 Å². The van der Waals surface area contributed by atoms with Crippen LogP contribution >= 0.6 is 0 Å². The van der Waals surface area contributed by atoms with E-state index in [1.54, 1.807) is 7.11 Å². The second kappa shape index (κ2) is 6.49. The molecule has 1 saturated heterocycles. The minimum Gasteiger partial charge on any atom is -0.497 e. The van der Waals surface area contributed by atoms with Crippen molar-refractivity contribution in [2.75, 3.05) is 38.3 Å². The fourth-order valence-corrected chi connectivity index (χ4v) is 3.17. The van der Waals surface area contributed by atoms with E-state index >= 15 is 0 Å². The molecule has 0 amide bonds. The predicted octanol–water partition coefficient (Wildman–Crippen LogP) is 3.75. The Labute approximate surface area is 141 Å². The molecule has 2 aromatic carbocycles. The molecule has 4 rings (SSSR count). The molecule has 1 aromatic heterocycles. The second-order valence-electron chi connectivity index (χ2n) is 5.89. The first-order valence-corrected chi connectivity index (χ1v) is 8.21. The lowest BCUT2D eigenvalue weighted by atomic mass is 10.0. The normalized spacial score (nSPS) is 14.8. The molecule has 0 bridgehead atoms. The van der Waals surface area contributed by atoms with E-state index in [9.17, 15) is 0 Å². The Morgan fingerprint density at radius 3 is 2.54 bits per heavy atom. The Hall–Kier alpha value is -2.59. The van der Waals surface area contributed by atoms with E-state index in [4.69, 9.17) is 9.47 Å². The third-order valence-electron chi connectivity index (χ3n) is 4.50. The highest BCUT2D eigenvalue weighted by Gasteiger charge is 2.13. The highest BCUT2D eigenvalue weighted by Crippen LogP contribution is 2.31. The molecule has 0 aliphatic carbocycles. The van der Waals surface area contributed by atoms with Gasteiger partial charge in [0.1, 0.15) is 5.75 Å². The zero-order valence-corrected chi connectivity index (χ0v) is 13.7. The molecule has 24 heavy (non-hydrogen) atoms. The molecule has 122 valence electrons. The molecule has 0 N–H and O–H groups in total. The van der Waals surface area contributed by atoms with Crippen LogP contribution in [0.25, 0.3) is 22.0 Å². The van der Waals surface area contributed by atoms with Gasteiger partial charge in [0, 0.05) is 30.4 Å². The first-order chi connectivity index (χ1) is 11.8. The average Bonchev–Trinajstić information content (AvgIpc) is 2.68.